The van der Waals surface area contributed by atoms with Crippen LogP contribution in [0.1, 0.15) is 38.7 Å². The van der Waals surface area contributed by atoms with Gasteiger partial charge in [0.05, 0.1) is 0 Å². The van der Waals surface area contributed by atoms with Crippen LogP contribution in [0.2, 0.25) is 0 Å². The molecule has 138 valence electrons. The van der Waals surface area contributed by atoms with Crippen LogP contribution in [0.25, 0.3) is 0 Å². The van der Waals surface area contributed by atoms with Gasteiger partial charge in [-0.1, -0.05) is 26.0 Å². The largest absolute Gasteiger partial charge is 0.355 e. The third-order valence-corrected chi connectivity index (χ3v) is 5.63. The third-order valence-electron chi connectivity index (χ3n) is 5.63. The minimum absolute atomic E-state index is 0.161. The molecule has 2 aliphatic rings. The number of hydrogen-bond acceptors (Lipinski definition) is 2. The monoisotopic (exact) mass is 346 g/mol. The maximum Gasteiger partial charge on any atom is 0.193 e. The number of nitrogens with one attached hydrogen (secondary N) is 1. The highest BCUT2D eigenvalue weighted by Crippen LogP contribution is 2.24. The van der Waals surface area contributed by atoms with E-state index in [1.54, 1.807) is 12.1 Å². The Kier molecular flexibility index (Phi) is 5.62. The van der Waals surface area contributed by atoms with E-state index < -0.39 is 0 Å². The molecule has 0 amide bonds. The molecule has 1 aromatic carbocycles. The predicted octanol–water partition coefficient (Wildman–Crippen LogP) is 2.85. The van der Waals surface area contributed by atoms with E-state index in [2.05, 4.69) is 34.0 Å². The molecule has 2 aliphatic heterocycles. The Hall–Kier alpha value is -1.62. The number of guanidine groups is 1. The van der Waals surface area contributed by atoms with Gasteiger partial charge in [0, 0.05) is 38.1 Å². The van der Waals surface area contributed by atoms with Gasteiger partial charge in [-0.3, -0.25) is 9.89 Å². The van der Waals surface area contributed by atoms with Gasteiger partial charge in [-0.05, 0) is 50.0 Å². The average molecular weight is 346 g/mol. The second-order valence-electron chi connectivity index (χ2n) is 7.93. The summed E-state index contributed by atoms with van der Waals surface area (Å²) in [4.78, 5) is 9.48. The fourth-order valence-corrected chi connectivity index (χ4v) is 3.98. The van der Waals surface area contributed by atoms with Crippen LogP contribution in [0.3, 0.4) is 0 Å². The SMILES string of the molecule is CN=C(NCC(C)(C)c1cccc(F)c1)N1CCC(N2CCCC2)C1. The molecule has 25 heavy (non-hydrogen) atoms. The van der Waals surface area contributed by atoms with E-state index in [4.69, 9.17) is 0 Å². The van der Waals surface area contributed by atoms with Crippen LogP contribution >= 0.6 is 0 Å². The van der Waals surface area contributed by atoms with Crippen molar-refractivity contribution in [3.05, 3.63) is 35.6 Å². The van der Waals surface area contributed by atoms with E-state index in [0.29, 0.717) is 6.04 Å². The van der Waals surface area contributed by atoms with Crippen molar-refractivity contribution in [2.24, 2.45) is 4.99 Å². The smallest absolute Gasteiger partial charge is 0.193 e. The van der Waals surface area contributed by atoms with Gasteiger partial charge in [0.2, 0.25) is 0 Å². The van der Waals surface area contributed by atoms with Gasteiger partial charge in [0.1, 0.15) is 5.82 Å². The Balaban J connectivity index is 1.57. The zero-order valence-electron chi connectivity index (χ0n) is 15.8. The van der Waals surface area contributed by atoms with E-state index in [-0.39, 0.29) is 11.2 Å². The molecule has 0 aliphatic carbocycles. The van der Waals surface area contributed by atoms with E-state index in [1.807, 2.05) is 13.1 Å². The number of hydrogen-bond donors (Lipinski definition) is 1. The molecule has 5 heteroatoms. The van der Waals surface area contributed by atoms with Crippen LogP contribution < -0.4 is 5.32 Å². The van der Waals surface area contributed by atoms with Crippen LogP contribution in [0.15, 0.2) is 29.3 Å². The van der Waals surface area contributed by atoms with Crippen LogP contribution in [0.4, 0.5) is 4.39 Å². The zero-order valence-corrected chi connectivity index (χ0v) is 15.8. The van der Waals surface area contributed by atoms with Crippen molar-refractivity contribution in [1.82, 2.24) is 15.1 Å². The molecule has 0 bridgehead atoms. The number of aliphatic imine (C=N–C) groups is 1. The van der Waals surface area contributed by atoms with Crippen LogP contribution in [-0.4, -0.2) is 61.6 Å². The zero-order chi connectivity index (χ0) is 17.9. The number of likely N-dealkylation sites (tertiary alicyclic amines) is 2. The summed E-state index contributed by atoms with van der Waals surface area (Å²) >= 11 is 0. The fourth-order valence-electron chi connectivity index (χ4n) is 3.98. The van der Waals surface area contributed by atoms with Crippen LogP contribution in [0, 0.1) is 5.82 Å². The Morgan fingerprint density at radius 3 is 2.72 bits per heavy atom. The molecule has 2 heterocycles. The van der Waals surface area contributed by atoms with Gasteiger partial charge in [-0.15, -0.1) is 0 Å². The molecular weight excluding hydrogens is 315 g/mol. The third kappa shape index (κ3) is 4.32. The second kappa shape index (κ2) is 7.73. The summed E-state index contributed by atoms with van der Waals surface area (Å²) in [7, 11) is 1.85. The van der Waals surface area contributed by atoms with E-state index in [1.165, 1.54) is 38.4 Å². The fraction of sp³-hybridized carbons (Fsp3) is 0.650. The van der Waals surface area contributed by atoms with E-state index in [0.717, 1.165) is 31.2 Å². The summed E-state index contributed by atoms with van der Waals surface area (Å²) in [6.07, 6.45) is 3.89. The first-order valence-corrected chi connectivity index (χ1v) is 9.45. The molecule has 0 saturated carbocycles. The van der Waals surface area contributed by atoms with Gasteiger partial charge in [0.25, 0.3) is 0 Å². The van der Waals surface area contributed by atoms with Crippen LogP contribution in [0.5, 0.6) is 0 Å². The van der Waals surface area contributed by atoms with Crippen molar-refractivity contribution >= 4 is 5.96 Å². The highest BCUT2D eigenvalue weighted by atomic mass is 19.1. The molecule has 1 unspecified atom stereocenters. The number of rotatable bonds is 4. The first-order valence-electron chi connectivity index (χ1n) is 9.45. The summed E-state index contributed by atoms with van der Waals surface area (Å²) in [5.74, 6) is 0.786. The first-order chi connectivity index (χ1) is 12.0. The van der Waals surface area contributed by atoms with E-state index >= 15 is 0 Å². The Morgan fingerprint density at radius 1 is 1.28 bits per heavy atom. The highest BCUT2D eigenvalue weighted by molar-refractivity contribution is 5.80. The summed E-state index contributed by atoms with van der Waals surface area (Å²) in [5, 5.41) is 3.52. The standard InChI is InChI=1S/C20H31FN4/c1-20(2,16-7-6-8-17(21)13-16)15-23-19(22-3)25-12-9-18(14-25)24-10-4-5-11-24/h6-8,13,18H,4-5,9-12,14-15H2,1-3H3,(H,22,23). The Morgan fingerprint density at radius 2 is 2.04 bits per heavy atom. The van der Waals surface area contributed by atoms with Gasteiger partial charge in [-0.2, -0.15) is 0 Å². The molecule has 2 fully saturated rings. The van der Waals surface area contributed by atoms with Crippen molar-refractivity contribution < 1.29 is 4.39 Å². The molecule has 1 N–H and O–H groups in total. The molecule has 4 nitrogen and oxygen atoms in total. The van der Waals surface area contributed by atoms with Crippen molar-refractivity contribution in [2.45, 2.75) is 44.6 Å². The molecule has 3 rings (SSSR count). The van der Waals surface area contributed by atoms with Gasteiger partial charge in [-0.25, -0.2) is 4.39 Å². The predicted molar refractivity (Wildman–Crippen MR) is 102 cm³/mol. The average Bonchev–Trinajstić information content (AvgIpc) is 3.27. The Bertz CT molecular complexity index is 607. The lowest BCUT2D eigenvalue weighted by Gasteiger charge is -2.30. The molecular formula is C20H31FN4. The van der Waals surface area contributed by atoms with Crippen LogP contribution in [-0.2, 0) is 5.41 Å². The van der Waals surface area contributed by atoms with E-state index in [9.17, 15) is 4.39 Å². The number of halogens is 1. The minimum atomic E-state index is -0.178. The minimum Gasteiger partial charge on any atom is -0.355 e. The molecule has 0 aromatic heterocycles. The van der Waals surface area contributed by atoms with Crippen molar-refractivity contribution in [3.8, 4) is 0 Å². The van der Waals surface area contributed by atoms with Gasteiger partial charge < -0.3 is 10.2 Å². The molecule has 1 atom stereocenters. The lowest BCUT2D eigenvalue weighted by atomic mass is 9.84. The lowest BCUT2D eigenvalue weighted by Crippen LogP contribution is -2.46. The maximum absolute atomic E-state index is 13.5. The van der Waals surface area contributed by atoms with Crippen molar-refractivity contribution in [1.29, 1.82) is 0 Å². The summed E-state index contributed by atoms with van der Waals surface area (Å²) in [6.45, 7) is 9.61. The topological polar surface area (TPSA) is 30.9 Å². The van der Waals surface area contributed by atoms with Gasteiger partial charge in [0.15, 0.2) is 5.96 Å². The Labute approximate surface area is 151 Å². The summed E-state index contributed by atoms with van der Waals surface area (Å²) in [6, 6.07) is 7.56. The van der Waals surface area contributed by atoms with Gasteiger partial charge >= 0.3 is 0 Å². The molecule has 1 aromatic rings. The lowest BCUT2D eigenvalue weighted by molar-refractivity contribution is 0.249. The quantitative estimate of drug-likeness (QED) is 0.672. The normalized spacial score (nSPS) is 22.6. The maximum atomic E-state index is 13.5. The summed E-state index contributed by atoms with van der Waals surface area (Å²) < 4.78 is 13.5. The molecule has 0 spiro atoms. The van der Waals surface area contributed by atoms with Crippen molar-refractivity contribution in [3.63, 3.8) is 0 Å². The first kappa shape index (κ1) is 18.2. The molecule has 2 saturated heterocycles. The van der Waals surface area contributed by atoms with Crippen molar-refractivity contribution in [2.75, 3.05) is 39.8 Å². The summed E-state index contributed by atoms with van der Waals surface area (Å²) in [5.41, 5.74) is 0.846. The molecule has 0 radical (unpaired) electrons. The highest BCUT2D eigenvalue weighted by Gasteiger charge is 2.31. The number of nitrogens with zero attached hydrogens (tertiary/aromatic N) is 3. The number of benzene rings is 1. The second-order valence-corrected chi connectivity index (χ2v) is 7.93.